The van der Waals surface area contributed by atoms with Gasteiger partial charge in [0.05, 0.1) is 13.2 Å². The molecule has 3 aromatic rings. The summed E-state index contributed by atoms with van der Waals surface area (Å²) in [6, 6.07) is 21.6. The fourth-order valence-corrected chi connectivity index (χ4v) is 2.85. The van der Waals surface area contributed by atoms with E-state index in [-0.39, 0.29) is 12.3 Å². The lowest BCUT2D eigenvalue weighted by Crippen LogP contribution is -2.21. The Labute approximate surface area is 158 Å². The van der Waals surface area contributed by atoms with E-state index in [2.05, 4.69) is 23.5 Å². The summed E-state index contributed by atoms with van der Waals surface area (Å²) in [5, 5.41) is 13.6. The molecule has 0 saturated carbocycles. The second-order valence-corrected chi connectivity index (χ2v) is 6.02. The van der Waals surface area contributed by atoms with Crippen LogP contribution in [0.2, 0.25) is 0 Å². The van der Waals surface area contributed by atoms with Gasteiger partial charge in [0.1, 0.15) is 13.0 Å². The number of ether oxygens (including phenoxy) is 2. The molecule has 3 aromatic carbocycles. The standard InChI is InChI=1S/C22H20N2O3/c1-26-20-10-9-16(14-24-22(25)11-12-23)13-21(20)27-15-18-7-4-6-17-5-2-3-8-19(17)18/h2-10,13H,11,14-15H2,1H3,(H,24,25). The third-order valence-electron chi connectivity index (χ3n) is 4.22. The summed E-state index contributed by atoms with van der Waals surface area (Å²) in [4.78, 5) is 11.5. The average molecular weight is 360 g/mol. The van der Waals surface area contributed by atoms with Gasteiger partial charge in [0.2, 0.25) is 5.91 Å². The van der Waals surface area contributed by atoms with E-state index in [0.29, 0.717) is 24.7 Å². The van der Waals surface area contributed by atoms with Crippen molar-refractivity contribution >= 4 is 16.7 Å². The second kappa shape index (κ2) is 8.72. The van der Waals surface area contributed by atoms with Crippen molar-refractivity contribution in [1.82, 2.24) is 5.32 Å². The maximum Gasteiger partial charge on any atom is 0.234 e. The van der Waals surface area contributed by atoms with Gasteiger partial charge in [-0.15, -0.1) is 0 Å². The molecule has 1 amide bonds. The highest BCUT2D eigenvalue weighted by Gasteiger charge is 2.09. The van der Waals surface area contributed by atoms with Crippen molar-refractivity contribution in [2.45, 2.75) is 19.6 Å². The molecule has 0 aliphatic carbocycles. The van der Waals surface area contributed by atoms with Crippen LogP contribution in [0.4, 0.5) is 0 Å². The Balaban J connectivity index is 1.76. The van der Waals surface area contributed by atoms with E-state index in [4.69, 9.17) is 14.7 Å². The Bertz CT molecular complexity index is 987. The van der Waals surface area contributed by atoms with E-state index in [1.807, 2.05) is 48.5 Å². The minimum atomic E-state index is -0.299. The van der Waals surface area contributed by atoms with Gasteiger partial charge in [-0.3, -0.25) is 4.79 Å². The largest absolute Gasteiger partial charge is 0.493 e. The van der Waals surface area contributed by atoms with Crippen LogP contribution >= 0.6 is 0 Å². The number of rotatable bonds is 7. The number of benzene rings is 3. The number of fused-ring (bicyclic) bond motifs is 1. The summed E-state index contributed by atoms with van der Waals surface area (Å²) in [7, 11) is 1.59. The molecule has 0 aliphatic heterocycles. The molecule has 0 unspecified atom stereocenters. The molecule has 0 atom stereocenters. The Kier molecular flexibility index (Phi) is 5.91. The number of nitriles is 1. The molecule has 3 rings (SSSR count). The fourth-order valence-electron chi connectivity index (χ4n) is 2.85. The lowest BCUT2D eigenvalue weighted by Gasteiger charge is -2.14. The quantitative estimate of drug-likeness (QED) is 0.692. The number of nitrogens with one attached hydrogen (secondary N) is 1. The summed E-state index contributed by atoms with van der Waals surface area (Å²) in [5.41, 5.74) is 1.96. The summed E-state index contributed by atoms with van der Waals surface area (Å²) in [6.45, 7) is 0.733. The fraction of sp³-hybridized carbons (Fsp3) is 0.182. The summed E-state index contributed by atoms with van der Waals surface area (Å²) in [5.74, 6) is 0.936. The highest BCUT2D eigenvalue weighted by Crippen LogP contribution is 2.29. The van der Waals surface area contributed by atoms with Crippen molar-refractivity contribution in [3.63, 3.8) is 0 Å². The molecule has 0 heterocycles. The Morgan fingerprint density at radius 2 is 1.89 bits per heavy atom. The zero-order chi connectivity index (χ0) is 19.1. The first kappa shape index (κ1) is 18.3. The molecule has 5 heteroatoms. The van der Waals surface area contributed by atoms with Crippen LogP contribution in [-0.2, 0) is 17.9 Å². The molecule has 0 bridgehead atoms. The number of nitrogens with zero attached hydrogens (tertiary/aromatic N) is 1. The van der Waals surface area contributed by atoms with Crippen LogP contribution in [0.15, 0.2) is 60.7 Å². The highest BCUT2D eigenvalue weighted by atomic mass is 16.5. The van der Waals surface area contributed by atoms with E-state index in [1.165, 1.54) is 5.39 Å². The van der Waals surface area contributed by atoms with E-state index in [0.717, 1.165) is 16.5 Å². The third-order valence-corrected chi connectivity index (χ3v) is 4.22. The van der Waals surface area contributed by atoms with Crippen molar-refractivity contribution in [3.8, 4) is 17.6 Å². The molecule has 0 aliphatic rings. The smallest absolute Gasteiger partial charge is 0.234 e. The lowest BCUT2D eigenvalue weighted by atomic mass is 10.1. The molecule has 0 radical (unpaired) electrons. The summed E-state index contributed by atoms with van der Waals surface area (Å²) in [6.07, 6.45) is -0.152. The van der Waals surface area contributed by atoms with Gasteiger partial charge in [-0.1, -0.05) is 48.5 Å². The van der Waals surface area contributed by atoms with Gasteiger partial charge in [0.25, 0.3) is 0 Å². The molecular weight excluding hydrogens is 340 g/mol. The molecule has 0 fully saturated rings. The maximum absolute atomic E-state index is 11.5. The summed E-state index contributed by atoms with van der Waals surface area (Å²) < 4.78 is 11.4. The zero-order valence-electron chi connectivity index (χ0n) is 15.1. The normalized spacial score (nSPS) is 10.2. The minimum absolute atomic E-state index is 0.152. The number of carbonyl (C=O) groups excluding carboxylic acids is 1. The first-order valence-electron chi connectivity index (χ1n) is 8.61. The Hall–Kier alpha value is -3.52. The average Bonchev–Trinajstić information content (AvgIpc) is 2.71. The topological polar surface area (TPSA) is 71.3 Å². The monoisotopic (exact) mass is 360 g/mol. The molecule has 27 heavy (non-hydrogen) atoms. The van der Waals surface area contributed by atoms with Gasteiger partial charge in [-0.25, -0.2) is 0 Å². The van der Waals surface area contributed by atoms with Crippen LogP contribution in [0.25, 0.3) is 10.8 Å². The van der Waals surface area contributed by atoms with Gasteiger partial charge in [0, 0.05) is 6.54 Å². The molecule has 1 N–H and O–H groups in total. The van der Waals surface area contributed by atoms with Crippen molar-refractivity contribution in [2.24, 2.45) is 0 Å². The Morgan fingerprint density at radius 1 is 1.07 bits per heavy atom. The van der Waals surface area contributed by atoms with Gasteiger partial charge < -0.3 is 14.8 Å². The molecule has 0 aromatic heterocycles. The molecule has 5 nitrogen and oxygen atoms in total. The number of methoxy groups -OCH3 is 1. The number of carbonyl (C=O) groups is 1. The second-order valence-electron chi connectivity index (χ2n) is 6.02. The predicted molar refractivity (Wildman–Crippen MR) is 103 cm³/mol. The van der Waals surface area contributed by atoms with E-state index < -0.39 is 0 Å². The van der Waals surface area contributed by atoms with Crippen molar-refractivity contribution in [2.75, 3.05) is 7.11 Å². The number of hydrogen-bond donors (Lipinski definition) is 1. The molecule has 136 valence electrons. The van der Waals surface area contributed by atoms with Crippen molar-refractivity contribution in [1.29, 1.82) is 5.26 Å². The van der Waals surface area contributed by atoms with Crippen LogP contribution in [0.1, 0.15) is 17.5 Å². The van der Waals surface area contributed by atoms with Crippen LogP contribution in [0, 0.1) is 11.3 Å². The zero-order valence-corrected chi connectivity index (χ0v) is 15.1. The molecular formula is C22H20N2O3. The van der Waals surface area contributed by atoms with Gasteiger partial charge in [0.15, 0.2) is 11.5 Å². The minimum Gasteiger partial charge on any atom is -0.493 e. The first-order valence-corrected chi connectivity index (χ1v) is 8.61. The maximum atomic E-state index is 11.5. The van der Waals surface area contributed by atoms with Crippen LogP contribution in [0.3, 0.4) is 0 Å². The van der Waals surface area contributed by atoms with Gasteiger partial charge >= 0.3 is 0 Å². The van der Waals surface area contributed by atoms with E-state index in [9.17, 15) is 4.79 Å². The van der Waals surface area contributed by atoms with Crippen LogP contribution in [-0.4, -0.2) is 13.0 Å². The Morgan fingerprint density at radius 3 is 2.70 bits per heavy atom. The SMILES string of the molecule is COc1ccc(CNC(=O)CC#N)cc1OCc1cccc2ccccc12. The van der Waals surface area contributed by atoms with Gasteiger partial charge in [-0.05, 0) is 34.0 Å². The van der Waals surface area contributed by atoms with Crippen molar-refractivity contribution < 1.29 is 14.3 Å². The first-order chi connectivity index (χ1) is 13.2. The van der Waals surface area contributed by atoms with Crippen LogP contribution < -0.4 is 14.8 Å². The predicted octanol–water partition coefficient (Wildman–Crippen LogP) is 3.96. The van der Waals surface area contributed by atoms with E-state index >= 15 is 0 Å². The van der Waals surface area contributed by atoms with Gasteiger partial charge in [-0.2, -0.15) is 5.26 Å². The number of hydrogen-bond acceptors (Lipinski definition) is 4. The lowest BCUT2D eigenvalue weighted by molar-refractivity contribution is -0.120. The van der Waals surface area contributed by atoms with Crippen molar-refractivity contribution in [3.05, 3.63) is 71.8 Å². The third kappa shape index (κ3) is 4.56. The molecule has 0 saturated heterocycles. The highest BCUT2D eigenvalue weighted by molar-refractivity contribution is 5.85. The van der Waals surface area contributed by atoms with Crippen LogP contribution in [0.5, 0.6) is 11.5 Å². The summed E-state index contributed by atoms with van der Waals surface area (Å²) >= 11 is 0. The molecule has 0 spiro atoms. The van der Waals surface area contributed by atoms with E-state index in [1.54, 1.807) is 7.11 Å². The number of amides is 1.